The number of hydrogen-bond donors (Lipinski definition) is 2. The number of thiazole rings is 1. The molecule has 0 atom stereocenters. The maximum atomic E-state index is 12.4. The van der Waals surface area contributed by atoms with Gasteiger partial charge in [0.15, 0.2) is 16.6 Å². The van der Waals surface area contributed by atoms with Crippen molar-refractivity contribution in [1.82, 2.24) is 10.4 Å². The first-order valence-corrected chi connectivity index (χ1v) is 10.8. The fourth-order valence-electron chi connectivity index (χ4n) is 2.84. The largest absolute Gasteiger partial charge is 0.490 e. The van der Waals surface area contributed by atoms with Gasteiger partial charge in [-0.05, 0) is 55.3 Å². The molecule has 3 N–H and O–H groups in total. The van der Waals surface area contributed by atoms with Crippen LogP contribution < -0.4 is 20.6 Å². The molecule has 3 rings (SSSR count). The number of rotatable bonds is 10. The molecule has 0 spiro atoms. The van der Waals surface area contributed by atoms with Crippen molar-refractivity contribution in [2.45, 2.75) is 33.1 Å². The number of nitrogen functional groups attached to an aromatic ring is 1. The van der Waals surface area contributed by atoms with E-state index in [1.165, 1.54) is 11.3 Å². The van der Waals surface area contributed by atoms with Crippen LogP contribution in [-0.2, 0) is 0 Å². The summed E-state index contributed by atoms with van der Waals surface area (Å²) in [5, 5.41) is 4.54. The molecule has 0 radical (unpaired) electrons. The number of ether oxygens (including phenoxy) is 2. The molecule has 2 aromatic carbocycles. The molecule has 8 heteroatoms. The molecule has 0 aliphatic carbocycles. The zero-order valence-corrected chi connectivity index (χ0v) is 18.0. The van der Waals surface area contributed by atoms with E-state index >= 15 is 0 Å². The van der Waals surface area contributed by atoms with Crippen LogP contribution >= 0.6 is 11.3 Å². The lowest BCUT2D eigenvalue weighted by Crippen LogP contribution is -2.17. The standard InChI is InChI=1S/C22H26N4O3S/c1-3-5-6-11-29-18-10-7-15(12-19(18)28-4-2)14-24-26-21(27)16-8-9-17-20(13-16)30-22(23)25-17/h7-10,12-14H,3-6,11H2,1-2H3,(H2,23,25)(H,26,27)/b24-14-. The number of fused-ring (bicyclic) bond motifs is 1. The number of benzene rings is 2. The number of hydrogen-bond acceptors (Lipinski definition) is 7. The Balaban J connectivity index is 1.63. The Morgan fingerprint density at radius 3 is 2.83 bits per heavy atom. The van der Waals surface area contributed by atoms with Crippen LogP contribution in [0.15, 0.2) is 41.5 Å². The van der Waals surface area contributed by atoms with Gasteiger partial charge >= 0.3 is 0 Å². The lowest BCUT2D eigenvalue weighted by atomic mass is 10.2. The van der Waals surface area contributed by atoms with Crippen molar-refractivity contribution >= 4 is 38.8 Å². The molecule has 1 heterocycles. The van der Waals surface area contributed by atoms with E-state index in [9.17, 15) is 4.79 Å². The van der Waals surface area contributed by atoms with Crippen molar-refractivity contribution in [1.29, 1.82) is 0 Å². The van der Waals surface area contributed by atoms with Gasteiger partial charge in [-0.3, -0.25) is 4.79 Å². The molecule has 0 aliphatic rings. The second-order valence-electron chi connectivity index (χ2n) is 6.63. The average molecular weight is 427 g/mol. The number of carbonyl (C=O) groups is 1. The SMILES string of the molecule is CCCCCOc1ccc(/C=N\NC(=O)c2ccc3nc(N)sc3c2)cc1OCC. The molecular weight excluding hydrogens is 400 g/mol. The van der Waals surface area contributed by atoms with Crippen molar-refractivity contribution in [3.05, 3.63) is 47.5 Å². The van der Waals surface area contributed by atoms with Gasteiger partial charge in [0, 0.05) is 5.56 Å². The summed E-state index contributed by atoms with van der Waals surface area (Å²) >= 11 is 1.34. The minimum absolute atomic E-state index is 0.305. The second kappa shape index (κ2) is 10.6. The molecular formula is C22H26N4O3S. The number of nitrogens with two attached hydrogens (primary N) is 1. The summed E-state index contributed by atoms with van der Waals surface area (Å²) in [6.07, 6.45) is 4.87. The molecule has 1 aromatic heterocycles. The molecule has 0 saturated carbocycles. The van der Waals surface area contributed by atoms with E-state index in [2.05, 4.69) is 22.4 Å². The smallest absolute Gasteiger partial charge is 0.271 e. The van der Waals surface area contributed by atoms with Crippen molar-refractivity contribution in [3.63, 3.8) is 0 Å². The predicted molar refractivity (Wildman–Crippen MR) is 122 cm³/mol. The van der Waals surface area contributed by atoms with Crippen LogP contribution in [0, 0.1) is 0 Å². The maximum absolute atomic E-state index is 12.4. The Morgan fingerprint density at radius 1 is 1.17 bits per heavy atom. The third-order valence-electron chi connectivity index (χ3n) is 4.32. The van der Waals surface area contributed by atoms with Crippen LogP contribution in [0.3, 0.4) is 0 Å². The highest BCUT2D eigenvalue weighted by Gasteiger charge is 2.09. The molecule has 0 unspecified atom stereocenters. The molecule has 0 fully saturated rings. The van der Waals surface area contributed by atoms with Gasteiger partial charge in [0.2, 0.25) is 0 Å². The van der Waals surface area contributed by atoms with Crippen molar-refractivity contribution in [2.75, 3.05) is 18.9 Å². The maximum Gasteiger partial charge on any atom is 0.271 e. The third-order valence-corrected chi connectivity index (χ3v) is 5.17. The van der Waals surface area contributed by atoms with Gasteiger partial charge in [-0.25, -0.2) is 10.4 Å². The van der Waals surface area contributed by atoms with Crippen molar-refractivity contribution in [2.24, 2.45) is 5.10 Å². The Morgan fingerprint density at radius 2 is 2.03 bits per heavy atom. The van der Waals surface area contributed by atoms with E-state index < -0.39 is 0 Å². The Kier molecular flexibility index (Phi) is 7.62. The first-order valence-electron chi connectivity index (χ1n) is 9.99. The highest BCUT2D eigenvalue weighted by atomic mass is 32.1. The summed E-state index contributed by atoms with van der Waals surface area (Å²) in [4.78, 5) is 16.6. The zero-order valence-electron chi connectivity index (χ0n) is 17.2. The van der Waals surface area contributed by atoms with Crippen LogP contribution in [0.25, 0.3) is 10.2 Å². The number of nitrogens with one attached hydrogen (secondary N) is 1. The Labute approximate surface area is 179 Å². The van der Waals surface area contributed by atoms with Crippen LogP contribution in [0.4, 0.5) is 5.13 Å². The average Bonchev–Trinajstić information content (AvgIpc) is 3.11. The summed E-state index contributed by atoms with van der Waals surface area (Å²) in [5.41, 5.74) is 10.3. The lowest BCUT2D eigenvalue weighted by Gasteiger charge is -2.12. The minimum Gasteiger partial charge on any atom is -0.490 e. The number of anilines is 1. The van der Waals surface area contributed by atoms with E-state index in [4.69, 9.17) is 15.2 Å². The number of nitrogens with zero attached hydrogens (tertiary/aromatic N) is 2. The number of aromatic nitrogens is 1. The highest BCUT2D eigenvalue weighted by Crippen LogP contribution is 2.28. The monoisotopic (exact) mass is 426 g/mol. The van der Waals surface area contributed by atoms with E-state index in [0.29, 0.717) is 35.4 Å². The molecule has 30 heavy (non-hydrogen) atoms. The van der Waals surface area contributed by atoms with Crippen LogP contribution in [0.1, 0.15) is 49.0 Å². The van der Waals surface area contributed by atoms with Gasteiger partial charge in [0.25, 0.3) is 5.91 Å². The fraction of sp³-hybridized carbons (Fsp3) is 0.318. The van der Waals surface area contributed by atoms with Gasteiger partial charge < -0.3 is 15.2 Å². The van der Waals surface area contributed by atoms with Crippen LogP contribution in [0.5, 0.6) is 11.5 Å². The first kappa shape index (κ1) is 21.6. The summed E-state index contributed by atoms with van der Waals surface area (Å²) in [6, 6.07) is 10.8. The first-order chi connectivity index (χ1) is 14.6. The van der Waals surface area contributed by atoms with E-state index in [1.54, 1.807) is 24.4 Å². The van der Waals surface area contributed by atoms with Crippen LogP contribution in [0.2, 0.25) is 0 Å². The molecule has 0 bridgehead atoms. The predicted octanol–water partition coefficient (Wildman–Crippen LogP) is 4.61. The topological polar surface area (TPSA) is 98.8 Å². The molecule has 0 saturated heterocycles. The van der Waals surface area contributed by atoms with E-state index in [1.807, 2.05) is 25.1 Å². The van der Waals surface area contributed by atoms with Crippen molar-refractivity contribution < 1.29 is 14.3 Å². The quantitative estimate of drug-likeness (QED) is 0.280. The fourth-order valence-corrected chi connectivity index (χ4v) is 3.61. The van der Waals surface area contributed by atoms with Gasteiger partial charge in [0.05, 0.1) is 29.6 Å². The number of hydrazone groups is 1. The van der Waals surface area contributed by atoms with Crippen LogP contribution in [-0.4, -0.2) is 30.3 Å². The number of amides is 1. The molecule has 0 aliphatic heterocycles. The summed E-state index contributed by atoms with van der Waals surface area (Å²) in [7, 11) is 0. The minimum atomic E-state index is -0.305. The van der Waals surface area contributed by atoms with E-state index in [-0.39, 0.29) is 5.91 Å². The zero-order chi connectivity index (χ0) is 21.3. The summed E-state index contributed by atoms with van der Waals surface area (Å²) in [5.74, 6) is 1.07. The molecule has 1 amide bonds. The van der Waals surface area contributed by atoms with Gasteiger partial charge in [-0.2, -0.15) is 5.10 Å². The third kappa shape index (κ3) is 5.70. The Hall–Kier alpha value is -3.13. The number of unbranched alkanes of at least 4 members (excludes halogenated alkanes) is 2. The van der Waals surface area contributed by atoms with E-state index in [0.717, 1.165) is 35.0 Å². The van der Waals surface area contributed by atoms with Gasteiger partial charge in [-0.1, -0.05) is 31.1 Å². The normalized spacial score (nSPS) is 11.1. The summed E-state index contributed by atoms with van der Waals surface area (Å²) < 4.78 is 12.4. The van der Waals surface area contributed by atoms with Gasteiger partial charge in [-0.15, -0.1) is 0 Å². The Bertz CT molecular complexity index is 1030. The molecule has 158 valence electrons. The second-order valence-corrected chi connectivity index (χ2v) is 7.69. The molecule has 3 aromatic rings. The molecule has 7 nitrogen and oxygen atoms in total. The highest BCUT2D eigenvalue weighted by molar-refractivity contribution is 7.22. The number of carbonyl (C=O) groups excluding carboxylic acids is 1. The van der Waals surface area contributed by atoms with Crippen molar-refractivity contribution in [3.8, 4) is 11.5 Å². The van der Waals surface area contributed by atoms with Gasteiger partial charge in [0.1, 0.15) is 0 Å². The summed E-state index contributed by atoms with van der Waals surface area (Å²) in [6.45, 7) is 5.28. The lowest BCUT2D eigenvalue weighted by molar-refractivity contribution is 0.0955.